The minimum Gasteiger partial charge on any atom is -0.361 e. The Morgan fingerprint density at radius 1 is 1.07 bits per heavy atom. The number of urea groups is 1. The molecule has 0 spiro atoms. The van der Waals surface area contributed by atoms with Gasteiger partial charge in [-0.3, -0.25) is 14.5 Å². The summed E-state index contributed by atoms with van der Waals surface area (Å²) in [5, 5.41) is 6.70. The van der Waals surface area contributed by atoms with E-state index in [9.17, 15) is 14.4 Å². The van der Waals surface area contributed by atoms with Gasteiger partial charge in [-0.25, -0.2) is 4.79 Å². The summed E-state index contributed by atoms with van der Waals surface area (Å²) in [7, 11) is 0. The Morgan fingerprint density at radius 3 is 2.55 bits per heavy atom. The van der Waals surface area contributed by atoms with Crippen molar-refractivity contribution < 1.29 is 14.4 Å². The highest BCUT2D eigenvalue weighted by molar-refractivity contribution is 6.39. The number of anilines is 1. The molecule has 1 aromatic heterocycles. The van der Waals surface area contributed by atoms with Crippen LogP contribution in [0.2, 0.25) is 10.0 Å². The number of aromatic amines is 1. The molecule has 0 saturated carbocycles. The molecule has 0 radical (unpaired) electrons. The molecule has 4 amide bonds. The Hall–Kier alpha value is -3.03. The molecule has 3 aromatic rings. The van der Waals surface area contributed by atoms with Crippen LogP contribution < -0.4 is 10.6 Å². The van der Waals surface area contributed by atoms with Gasteiger partial charge in [-0.15, -0.1) is 0 Å². The molecule has 0 unspecified atom stereocenters. The lowest BCUT2D eigenvalue weighted by atomic mass is 10.1. The number of rotatable bonds is 5. The fraction of sp³-hybridized carbons (Fsp3) is 0.150. The number of H-pyrrole nitrogens is 1. The standard InChI is InChI=1S/C20H16Cl2N4O3/c21-13-5-3-6-14(22)18(13)25-17(27)10-26-19(28)16(24-20(26)29)8-11-9-23-15-7-2-1-4-12(11)15/h1-7,9,16,23H,8,10H2,(H,24,29)(H,25,27)/t16-/m1/s1. The Bertz CT molecular complexity index is 1110. The third kappa shape index (κ3) is 3.79. The lowest BCUT2D eigenvalue weighted by Gasteiger charge is -2.14. The number of amides is 4. The molecule has 3 N–H and O–H groups in total. The van der Waals surface area contributed by atoms with Gasteiger partial charge in [-0.1, -0.05) is 47.5 Å². The van der Waals surface area contributed by atoms with Crippen LogP contribution in [0.5, 0.6) is 0 Å². The third-order valence-corrected chi connectivity index (χ3v) is 5.36. The highest BCUT2D eigenvalue weighted by Gasteiger charge is 2.39. The number of fused-ring (bicyclic) bond motifs is 1. The maximum atomic E-state index is 12.7. The predicted octanol–water partition coefficient (Wildman–Crippen LogP) is 3.58. The van der Waals surface area contributed by atoms with Crippen LogP contribution in [0.15, 0.2) is 48.7 Å². The molecule has 1 saturated heterocycles. The number of para-hydroxylation sites is 2. The van der Waals surface area contributed by atoms with Gasteiger partial charge in [0, 0.05) is 23.5 Å². The van der Waals surface area contributed by atoms with Crippen molar-refractivity contribution in [3.8, 4) is 0 Å². The van der Waals surface area contributed by atoms with E-state index < -0.39 is 30.4 Å². The van der Waals surface area contributed by atoms with Gasteiger partial charge in [0.1, 0.15) is 12.6 Å². The second-order valence-corrected chi connectivity index (χ2v) is 7.45. The van der Waals surface area contributed by atoms with E-state index in [-0.39, 0.29) is 15.7 Å². The van der Waals surface area contributed by atoms with Gasteiger partial charge < -0.3 is 15.6 Å². The van der Waals surface area contributed by atoms with E-state index in [1.807, 2.05) is 30.5 Å². The SMILES string of the molecule is O=C(CN1C(=O)N[C@H](Cc2c[nH]c3ccccc23)C1=O)Nc1c(Cl)cccc1Cl. The van der Waals surface area contributed by atoms with E-state index in [2.05, 4.69) is 15.6 Å². The van der Waals surface area contributed by atoms with Crippen molar-refractivity contribution in [3.63, 3.8) is 0 Å². The number of carbonyl (C=O) groups is 3. The van der Waals surface area contributed by atoms with E-state index >= 15 is 0 Å². The molecule has 9 heteroatoms. The first-order chi connectivity index (χ1) is 13.9. The van der Waals surface area contributed by atoms with Gasteiger partial charge in [-0.2, -0.15) is 0 Å². The van der Waals surface area contributed by atoms with Gasteiger partial charge in [0.05, 0.1) is 15.7 Å². The largest absolute Gasteiger partial charge is 0.361 e. The number of hydrogen-bond acceptors (Lipinski definition) is 3. The van der Waals surface area contributed by atoms with Crippen molar-refractivity contribution in [2.75, 3.05) is 11.9 Å². The smallest absolute Gasteiger partial charge is 0.325 e. The van der Waals surface area contributed by atoms with E-state index in [0.717, 1.165) is 21.4 Å². The number of hydrogen-bond donors (Lipinski definition) is 3. The van der Waals surface area contributed by atoms with E-state index in [0.29, 0.717) is 6.42 Å². The summed E-state index contributed by atoms with van der Waals surface area (Å²) in [4.78, 5) is 41.3. The van der Waals surface area contributed by atoms with Crippen LogP contribution in [0.1, 0.15) is 5.56 Å². The molecular formula is C20H16Cl2N4O3. The van der Waals surface area contributed by atoms with Crippen molar-refractivity contribution in [1.82, 2.24) is 15.2 Å². The lowest BCUT2D eigenvalue weighted by Crippen LogP contribution is -2.38. The third-order valence-electron chi connectivity index (χ3n) is 4.73. The highest BCUT2D eigenvalue weighted by Crippen LogP contribution is 2.29. The fourth-order valence-electron chi connectivity index (χ4n) is 3.33. The van der Waals surface area contributed by atoms with Crippen molar-refractivity contribution in [1.29, 1.82) is 0 Å². The maximum absolute atomic E-state index is 12.7. The Balaban J connectivity index is 1.45. The molecule has 7 nitrogen and oxygen atoms in total. The number of carbonyl (C=O) groups excluding carboxylic acids is 3. The zero-order valence-corrected chi connectivity index (χ0v) is 16.6. The number of nitrogens with one attached hydrogen (secondary N) is 3. The number of aromatic nitrogens is 1. The van der Waals surface area contributed by atoms with Crippen molar-refractivity contribution in [3.05, 3.63) is 64.3 Å². The summed E-state index contributed by atoms with van der Waals surface area (Å²) in [6, 6.07) is 11.2. The number of halogens is 2. The molecule has 0 bridgehead atoms. The summed E-state index contributed by atoms with van der Waals surface area (Å²) < 4.78 is 0. The van der Waals surface area contributed by atoms with Crippen LogP contribution in [0.4, 0.5) is 10.5 Å². The van der Waals surface area contributed by atoms with Crippen molar-refractivity contribution in [2.45, 2.75) is 12.5 Å². The fourth-order valence-corrected chi connectivity index (χ4v) is 3.82. The van der Waals surface area contributed by atoms with Gasteiger partial charge in [0.25, 0.3) is 5.91 Å². The van der Waals surface area contributed by atoms with Crippen LogP contribution >= 0.6 is 23.2 Å². The van der Waals surface area contributed by atoms with Crippen LogP contribution in [0, 0.1) is 0 Å². The zero-order valence-electron chi connectivity index (χ0n) is 15.0. The maximum Gasteiger partial charge on any atom is 0.325 e. The Kier molecular flexibility index (Phi) is 5.17. The molecule has 1 atom stereocenters. The summed E-state index contributed by atoms with van der Waals surface area (Å²) in [6.45, 7) is -0.434. The summed E-state index contributed by atoms with van der Waals surface area (Å²) in [6.07, 6.45) is 2.14. The molecule has 1 aliphatic heterocycles. The number of imide groups is 1. The van der Waals surface area contributed by atoms with Crippen LogP contribution in [-0.2, 0) is 16.0 Å². The summed E-state index contributed by atoms with van der Waals surface area (Å²) >= 11 is 12.1. The minimum absolute atomic E-state index is 0.239. The second-order valence-electron chi connectivity index (χ2n) is 6.63. The van der Waals surface area contributed by atoms with E-state index in [1.54, 1.807) is 18.2 Å². The number of nitrogens with zero attached hydrogens (tertiary/aromatic N) is 1. The molecule has 2 heterocycles. The second kappa shape index (κ2) is 7.77. The first kappa shape index (κ1) is 19.3. The highest BCUT2D eigenvalue weighted by atomic mass is 35.5. The van der Waals surface area contributed by atoms with Crippen molar-refractivity contribution >= 4 is 57.6 Å². The lowest BCUT2D eigenvalue weighted by molar-refractivity contribution is -0.130. The minimum atomic E-state index is -0.738. The first-order valence-corrected chi connectivity index (χ1v) is 9.60. The van der Waals surface area contributed by atoms with Crippen molar-refractivity contribution in [2.24, 2.45) is 0 Å². The zero-order chi connectivity index (χ0) is 20.5. The predicted molar refractivity (Wildman–Crippen MR) is 111 cm³/mol. The quantitative estimate of drug-likeness (QED) is 0.539. The topological polar surface area (TPSA) is 94.3 Å². The molecule has 4 rings (SSSR count). The van der Waals surface area contributed by atoms with Crippen LogP contribution in [-0.4, -0.2) is 40.3 Å². The van der Waals surface area contributed by atoms with E-state index in [1.165, 1.54) is 0 Å². The van der Waals surface area contributed by atoms with Gasteiger partial charge in [0.15, 0.2) is 0 Å². The molecule has 1 fully saturated rings. The molecule has 0 aliphatic carbocycles. The summed E-state index contributed by atoms with van der Waals surface area (Å²) in [5.41, 5.74) is 2.10. The number of benzene rings is 2. The molecular weight excluding hydrogens is 415 g/mol. The first-order valence-electron chi connectivity index (χ1n) is 8.85. The van der Waals surface area contributed by atoms with E-state index in [4.69, 9.17) is 23.2 Å². The molecule has 148 valence electrons. The Morgan fingerprint density at radius 2 is 1.79 bits per heavy atom. The summed E-state index contributed by atoms with van der Waals surface area (Å²) in [5.74, 6) is -1.03. The van der Waals surface area contributed by atoms with Gasteiger partial charge in [-0.05, 0) is 23.8 Å². The normalized spacial score (nSPS) is 16.3. The van der Waals surface area contributed by atoms with Crippen LogP contribution in [0.3, 0.4) is 0 Å². The van der Waals surface area contributed by atoms with Gasteiger partial charge in [0.2, 0.25) is 5.91 Å². The average Bonchev–Trinajstić information content (AvgIpc) is 3.21. The Labute approximate surface area is 176 Å². The average molecular weight is 431 g/mol. The van der Waals surface area contributed by atoms with Gasteiger partial charge >= 0.3 is 6.03 Å². The monoisotopic (exact) mass is 430 g/mol. The molecule has 29 heavy (non-hydrogen) atoms. The van der Waals surface area contributed by atoms with Crippen LogP contribution in [0.25, 0.3) is 10.9 Å². The molecule has 1 aliphatic rings. The molecule has 2 aromatic carbocycles.